The van der Waals surface area contributed by atoms with Crippen LogP contribution in [-0.2, 0) is 20.9 Å². The van der Waals surface area contributed by atoms with Crippen molar-refractivity contribution in [1.82, 2.24) is 10.2 Å². The van der Waals surface area contributed by atoms with Crippen LogP contribution in [0.15, 0.2) is 18.2 Å². The minimum atomic E-state index is -1.82. The first kappa shape index (κ1) is 21.7. The van der Waals surface area contributed by atoms with Crippen molar-refractivity contribution in [2.24, 2.45) is 0 Å². The van der Waals surface area contributed by atoms with E-state index in [-0.39, 0.29) is 0 Å². The van der Waals surface area contributed by atoms with Crippen molar-refractivity contribution in [2.45, 2.75) is 13.0 Å². The number of carbonyl (C=O) groups is 2. The smallest absolute Gasteiger partial charge is 0.414 e. The van der Waals surface area contributed by atoms with E-state index >= 15 is 0 Å². The highest BCUT2D eigenvalue weighted by molar-refractivity contribution is 6.42. The van der Waals surface area contributed by atoms with Crippen molar-refractivity contribution in [3.63, 3.8) is 0 Å². The molecule has 25 heavy (non-hydrogen) atoms. The summed E-state index contributed by atoms with van der Waals surface area (Å²) in [5, 5.41) is 19.4. The summed E-state index contributed by atoms with van der Waals surface area (Å²) < 4.78 is 5.33. The van der Waals surface area contributed by atoms with Gasteiger partial charge >= 0.3 is 11.9 Å². The summed E-state index contributed by atoms with van der Waals surface area (Å²) in [5.41, 5.74) is 1.17. The number of morpholine rings is 1. The molecule has 7 nitrogen and oxygen atoms in total. The van der Waals surface area contributed by atoms with Crippen LogP contribution in [0.5, 0.6) is 0 Å². The van der Waals surface area contributed by atoms with E-state index in [1.165, 1.54) is 5.56 Å². The zero-order valence-corrected chi connectivity index (χ0v) is 15.2. The predicted octanol–water partition coefficient (Wildman–Crippen LogP) is 1.96. The van der Waals surface area contributed by atoms with Gasteiger partial charge in [0.2, 0.25) is 0 Å². The second-order valence-electron chi connectivity index (χ2n) is 5.34. The molecule has 0 spiro atoms. The Hall–Kier alpha value is -1.38. The standard InChI is InChI=1S/C14H20Cl2N2O.C2H2O4/c15-13-3-2-12(10-14(13)16)11-17-4-1-5-18-6-8-19-9-7-18;3-1(4)2(5)6/h2-3,10,17H,1,4-9,11H2;(H,3,4)(H,5,6). The number of nitrogens with one attached hydrogen (secondary N) is 1. The molecule has 0 radical (unpaired) electrons. The zero-order valence-electron chi connectivity index (χ0n) is 13.7. The van der Waals surface area contributed by atoms with Gasteiger partial charge in [-0.15, -0.1) is 0 Å². The zero-order chi connectivity index (χ0) is 18.7. The van der Waals surface area contributed by atoms with Crippen LogP contribution in [0.1, 0.15) is 12.0 Å². The van der Waals surface area contributed by atoms with Crippen LogP contribution in [0.25, 0.3) is 0 Å². The van der Waals surface area contributed by atoms with Crippen molar-refractivity contribution in [1.29, 1.82) is 0 Å². The number of aliphatic carboxylic acids is 2. The molecule has 1 aliphatic rings. The highest BCUT2D eigenvalue weighted by Gasteiger charge is 2.08. The summed E-state index contributed by atoms with van der Waals surface area (Å²) in [5.74, 6) is -3.65. The molecule has 1 aliphatic heterocycles. The first-order valence-corrected chi connectivity index (χ1v) is 8.56. The average Bonchev–Trinajstić information content (AvgIpc) is 2.59. The molecule has 0 atom stereocenters. The predicted molar refractivity (Wildman–Crippen MR) is 95.3 cm³/mol. The van der Waals surface area contributed by atoms with Gasteiger partial charge in [0.1, 0.15) is 0 Å². The molecule has 1 saturated heterocycles. The van der Waals surface area contributed by atoms with E-state index in [1.54, 1.807) is 0 Å². The van der Waals surface area contributed by atoms with Crippen LogP contribution in [-0.4, -0.2) is 66.4 Å². The summed E-state index contributed by atoms with van der Waals surface area (Å²) in [6.07, 6.45) is 1.15. The van der Waals surface area contributed by atoms with Gasteiger partial charge in [-0.1, -0.05) is 29.3 Å². The lowest BCUT2D eigenvalue weighted by molar-refractivity contribution is -0.159. The van der Waals surface area contributed by atoms with Crippen molar-refractivity contribution in [3.05, 3.63) is 33.8 Å². The number of ether oxygens (including phenoxy) is 1. The van der Waals surface area contributed by atoms with Crippen LogP contribution in [0.3, 0.4) is 0 Å². The molecule has 0 amide bonds. The number of benzene rings is 1. The molecule has 1 heterocycles. The van der Waals surface area contributed by atoms with Crippen molar-refractivity contribution >= 4 is 35.1 Å². The SMILES string of the molecule is Clc1ccc(CNCCCN2CCOCC2)cc1Cl.O=C(O)C(=O)O. The summed E-state index contributed by atoms with van der Waals surface area (Å²) in [7, 11) is 0. The average molecular weight is 393 g/mol. The molecule has 9 heteroatoms. The van der Waals surface area contributed by atoms with E-state index in [2.05, 4.69) is 10.2 Å². The molecule has 0 saturated carbocycles. The largest absolute Gasteiger partial charge is 0.473 e. The van der Waals surface area contributed by atoms with Crippen LogP contribution >= 0.6 is 23.2 Å². The van der Waals surface area contributed by atoms with E-state index < -0.39 is 11.9 Å². The monoisotopic (exact) mass is 392 g/mol. The molecule has 140 valence electrons. The summed E-state index contributed by atoms with van der Waals surface area (Å²) >= 11 is 11.9. The molecule has 0 aromatic heterocycles. The summed E-state index contributed by atoms with van der Waals surface area (Å²) in [6.45, 7) is 6.85. The Morgan fingerprint density at radius 3 is 2.32 bits per heavy atom. The third kappa shape index (κ3) is 9.62. The Bertz CT molecular complexity index is 553. The number of carboxylic acids is 2. The second kappa shape index (κ2) is 12.1. The molecule has 0 aliphatic carbocycles. The molecule has 1 aromatic carbocycles. The summed E-state index contributed by atoms with van der Waals surface area (Å²) in [6, 6.07) is 5.76. The molecule has 2 rings (SSSR count). The molecule has 0 bridgehead atoms. The van der Waals surface area contributed by atoms with Crippen molar-refractivity contribution < 1.29 is 24.5 Å². The van der Waals surface area contributed by atoms with Gasteiger partial charge in [-0.2, -0.15) is 0 Å². The van der Waals surface area contributed by atoms with E-state index in [1.807, 2.05) is 18.2 Å². The first-order chi connectivity index (χ1) is 11.9. The second-order valence-corrected chi connectivity index (χ2v) is 6.16. The van der Waals surface area contributed by atoms with Crippen LogP contribution in [0, 0.1) is 0 Å². The fraction of sp³-hybridized carbons (Fsp3) is 0.500. The molecule has 1 aromatic rings. The lowest BCUT2D eigenvalue weighted by Gasteiger charge is -2.26. The molecular formula is C16H22Cl2N2O5. The first-order valence-electron chi connectivity index (χ1n) is 7.81. The van der Waals surface area contributed by atoms with E-state index in [4.69, 9.17) is 47.7 Å². The fourth-order valence-electron chi connectivity index (χ4n) is 2.13. The number of nitrogens with zero attached hydrogens (tertiary/aromatic N) is 1. The topological polar surface area (TPSA) is 99.1 Å². The number of halogens is 2. The lowest BCUT2D eigenvalue weighted by Crippen LogP contribution is -2.37. The molecular weight excluding hydrogens is 371 g/mol. The quantitative estimate of drug-likeness (QED) is 0.502. The molecule has 1 fully saturated rings. The maximum absolute atomic E-state index is 9.10. The van der Waals surface area contributed by atoms with Gasteiger partial charge in [0, 0.05) is 19.6 Å². The van der Waals surface area contributed by atoms with E-state index in [0.29, 0.717) is 10.0 Å². The van der Waals surface area contributed by atoms with E-state index in [9.17, 15) is 0 Å². The van der Waals surface area contributed by atoms with Gasteiger partial charge in [-0.3, -0.25) is 4.90 Å². The van der Waals surface area contributed by atoms with Gasteiger partial charge in [0.15, 0.2) is 0 Å². The normalized spacial score (nSPS) is 14.5. The highest BCUT2D eigenvalue weighted by atomic mass is 35.5. The number of carboxylic acid groups (broad SMARTS) is 2. The fourth-order valence-corrected chi connectivity index (χ4v) is 2.46. The molecule has 3 N–H and O–H groups in total. The van der Waals surface area contributed by atoms with Gasteiger partial charge in [-0.05, 0) is 37.2 Å². The van der Waals surface area contributed by atoms with Crippen molar-refractivity contribution in [3.8, 4) is 0 Å². The minimum Gasteiger partial charge on any atom is -0.473 e. The highest BCUT2D eigenvalue weighted by Crippen LogP contribution is 2.22. The maximum Gasteiger partial charge on any atom is 0.414 e. The van der Waals surface area contributed by atoms with Crippen LogP contribution in [0.2, 0.25) is 10.0 Å². The van der Waals surface area contributed by atoms with E-state index in [0.717, 1.165) is 52.4 Å². The van der Waals surface area contributed by atoms with Gasteiger partial charge < -0.3 is 20.3 Å². The third-order valence-corrected chi connectivity index (χ3v) is 4.17. The number of rotatable bonds is 6. The molecule has 0 unspecified atom stereocenters. The lowest BCUT2D eigenvalue weighted by atomic mass is 10.2. The van der Waals surface area contributed by atoms with Crippen LogP contribution in [0.4, 0.5) is 0 Å². The Morgan fingerprint density at radius 1 is 1.12 bits per heavy atom. The van der Waals surface area contributed by atoms with Gasteiger partial charge in [0.05, 0.1) is 23.3 Å². The van der Waals surface area contributed by atoms with Gasteiger partial charge in [0.25, 0.3) is 0 Å². The number of hydrogen-bond donors (Lipinski definition) is 3. The Morgan fingerprint density at radius 2 is 1.76 bits per heavy atom. The Kier molecular flexibility index (Phi) is 10.4. The summed E-state index contributed by atoms with van der Waals surface area (Å²) in [4.78, 5) is 20.6. The third-order valence-electron chi connectivity index (χ3n) is 3.43. The minimum absolute atomic E-state index is 0.609. The Labute approximate surface area is 156 Å². The van der Waals surface area contributed by atoms with Crippen molar-refractivity contribution in [2.75, 3.05) is 39.4 Å². The van der Waals surface area contributed by atoms with Gasteiger partial charge in [-0.25, -0.2) is 9.59 Å². The Balaban J connectivity index is 0.000000450. The number of hydrogen-bond acceptors (Lipinski definition) is 5. The van der Waals surface area contributed by atoms with Crippen LogP contribution < -0.4 is 5.32 Å². The maximum atomic E-state index is 9.10.